The summed E-state index contributed by atoms with van der Waals surface area (Å²) in [7, 11) is 2.16. The lowest BCUT2D eigenvalue weighted by Gasteiger charge is -2.26. The van der Waals surface area contributed by atoms with Crippen LogP contribution in [0.4, 0.5) is 0 Å². The maximum atomic E-state index is 5.91. The topological polar surface area (TPSA) is 28.4 Å². The van der Waals surface area contributed by atoms with Gasteiger partial charge in [-0.05, 0) is 45.0 Å². The predicted octanol–water partition coefficient (Wildman–Crippen LogP) is 3.17. The summed E-state index contributed by atoms with van der Waals surface area (Å²) in [5.74, 6) is 2.79. The highest BCUT2D eigenvalue weighted by atomic mass is 16.3. The van der Waals surface area contributed by atoms with Crippen molar-refractivity contribution in [2.45, 2.75) is 53.8 Å². The lowest BCUT2D eigenvalue weighted by molar-refractivity contribution is 0.185. The zero-order valence-electron chi connectivity index (χ0n) is 12.7. The number of nitrogens with zero attached hydrogens (tertiary/aromatic N) is 1. The molecule has 0 bridgehead atoms. The van der Waals surface area contributed by atoms with E-state index in [0.717, 1.165) is 31.2 Å². The molecule has 0 amide bonds. The molecule has 1 heterocycles. The zero-order valence-corrected chi connectivity index (χ0v) is 12.7. The van der Waals surface area contributed by atoms with Crippen LogP contribution >= 0.6 is 0 Å². The van der Waals surface area contributed by atoms with Gasteiger partial charge in [-0.1, -0.05) is 20.8 Å². The largest absolute Gasteiger partial charge is 0.463 e. The summed E-state index contributed by atoms with van der Waals surface area (Å²) in [6, 6.07) is 2.73. The van der Waals surface area contributed by atoms with Crippen LogP contribution in [-0.4, -0.2) is 24.5 Å². The summed E-state index contributed by atoms with van der Waals surface area (Å²) in [6.45, 7) is 13.7. The Morgan fingerprint density at radius 2 is 2.00 bits per heavy atom. The second-order valence-electron chi connectivity index (χ2n) is 5.50. The summed E-state index contributed by atoms with van der Waals surface area (Å²) in [5, 5.41) is 3.31. The van der Waals surface area contributed by atoms with E-state index in [1.807, 2.05) is 0 Å². The third kappa shape index (κ3) is 4.14. The number of hydrogen-bond donors (Lipinski definition) is 1. The van der Waals surface area contributed by atoms with Crippen LogP contribution in [0, 0.1) is 12.8 Å². The van der Waals surface area contributed by atoms with Gasteiger partial charge in [0.2, 0.25) is 0 Å². The molecule has 0 aliphatic heterocycles. The van der Waals surface area contributed by atoms with E-state index in [-0.39, 0.29) is 0 Å². The monoisotopic (exact) mass is 252 g/mol. The van der Waals surface area contributed by atoms with Gasteiger partial charge in [-0.2, -0.15) is 0 Å². The maximum Gasteiger partial charge on any atom is 0.120 e. The van der Waals surface area contributed by atoms with Crippen LogP contribution in [0.5, 0.6) is 0 Å². The molecule has 0 saturated heterocycles. The first-order chi connectivity index (χ1) is 8.45. The summed E-state index contributed by atoms with van der Waals surface area (Å²) in [5.41, 5.74) is 1.25. The van der Waals surface area contributed by atoms with Gasteiger partial charge in [0, 0.05) is 6.04 Å². The third-order valence-electron chi connectivity index (χ3n) is 3.67. The summed E-state index contributed by atoms with van der Waals surface area (Å²) >= 11 is 0. The van der Waals surface area contributed by atoms with Crippen molar-refractivity contribution in [1.82, 2.24) is 10.2 Å². The van der Waals surface area contributed by atoms with Crippen LogP contribution in [0.3, 0.4) is 0 Å². The molecule has 0 aliphatic rings. The highest BCUT2D eigenvalue weighted by Gasteiger charge is 2.15. The molecule has 0 saturated carbocycles. The Hall–Kier alpha value is -0.800. The van der Waals surface area contributed by atoms with E-state index in [4.69, 9.17) is 4.42 Å². The Morgan fingerprint density at radius 3 is 2.56 bits per heavy atom. The molecular weight excluding hydrogens is 224 g/mol. The summed E-state index contributed by atoms with van der Waals surface area (Å²) < 4.78 is 5.91. The van der Waals surface area contributed by atoms with E-state index in [9.17, 15) is 0 Å². The SMILES string of the molecule is CCNCc1oc(CN(C)C(C)C(C)C)cc1C. The van der Waals surface area contributed by atoms with Gasteiger partial charge in [0.15, 0.2) is 0 Å². The van der Waals surface area contributed by atoms with Gasteiger partial charge in [-0.25, -0.2) is 0 Å². The fourth-order valence-electron chi connectivity index (χ4n) is 1.98. The maximum absolute atomic E-state index is 5.91. The van der Waals surface area contributed by atoms with Gasteiger partial charge in [0.1, 0.15) is 11.5 Å². The lowest BCUT2D eigenvalue weighted by atomic mass is 10.1. The molecule has 0 aromatic carbocycles. The molecule has 1 N–H and O–H groups in total. The summed E-state index contributed by atoms with van der Waals surface area (Å²) in [4.78, 5) is 2.35. The van der Waals surface area contributed by atoms with Crippen molar-refractivity contribution in [2.75, 3.05) is 13.6 Å². The smallest absolute Gasteiger partial charge is 0.120 e. The van der Waals surface area contributed by atoms with E-state index < -0.39 is 0 Å². The zero-order chi connectivity index (χ0) is 13.7. The third-order valence-corrected chi connectivity index (χ3v) is 3.67. The molecule has 1 unspecified atom stereocenters. The van der Waals surface area contributed by atoms with Crippen LogP contribution in [0.1, 0.15) is 44.8 Å². The van der Waals surface area contributed by atoms with Crippen LogP contribution in [0.25, 0.3) is 0 Å². The van der Waals surface area contributed by atoms with E-state index in [2.05, 4.69) is 57.9 Å². The lowest BCUT2D eigenvalue weighted by Crippen LogP contribution is -2.32. The Bertz CT molecular complexity index is 357. The average molecular weight is 252 g/mol. The van der Waals surface area contributed by atoms with Gasteiger partial charge >= 0.3 is 0 Å². The predicted molar refractivity (Wildman–Crippen MR) is 76.6 cm³/mol. The summed E-state index contributed by atoms with van der Waals surface area (Å²) in [6.07, 6.45) is 0. The first-order valence-electron chi connectivity index (χ1n) is 6.94. The van der Waals surface area contributed by atoms with E-state index in [0.29, 0.717) is 12.0 Å². The van der Waals surface area contributed by atoms with E-state index >= 15 is 0 Å². The fraction of sp³-hybridized carbons (Fsp3) is 0.733. The van der Waals surface area contributed by atoms with Gasteiger partial charge < -0.3 is 9.73 Å². The van der Waals surface area contributed by atoms with Crippen molar-refractivity contribution in [2.24, 2.45) is 5.92 Å². The van der Waals surface area contributed by atoms with Crippen LogP contribution in [-0.2, 0) is 13.1 Å². The van der Waals surface area contributed by atoms with Crippen molar-refractivity contribution < 1.29 is 4.42 Å². The fourth-order valence-corrected chi connectivity index (χ4v) is 1.98. The molecule has 18 heavy (non-hydrogen) atoms. The van der Waals surface area contributed by atoms with Crippen LogP contribution in [0.15, 0.2) is 10.5 Å². The quantitative estimate of drug-likeness (QED) is 0.808. The van der Waals surface area contributed by atoms with Gasteiger partial charge in [-0.3, -0.25) is 4.90 Å². The highest BCUT2D eigenvalue weighted by molar-refractivity contribution is 5.20. The second-order valence-corrected chi connectivity index (χ2v) is 5.50. The van der Waals surface area contributed by atoms with Crippen LogP contribution in [0.2, 0.25) is 0 Å². The highest BCUT2D eigenvalue weighted by Crippen LogP contribution is 2.18. The molecule has 0 aliphatic carbocycles. The molecular formula is C15H28N2O. The number of nitrogens with one attached hydrogen (secondary N) is 1. The van der Waals surface area contributed by atoms with Crippen molar-refractivity contribution >= 4 is 0 Å². The molecule has 1 rings (SSSR count). The van der Waals surface area contributed by atoms with Gasteiger partial charge in [0.25, 0.3) is 0 Å². The average Bonchev–Trinajstić information content (AvgIpc) is 2.65. The van der Waals surface area contributed by atoms with Crippen LogP contribution < -0.4 is 5.32 Å². The molecule has 104 valence electrons. The standard InChI is InChI=1S/C15H28N2O/c1-7-16-9-15-12(4)8-14(18-15)10-17(6)13(5)11(2)3/h8,11,13,16H,7,9-10H2,1-6H3. The normalized spacial score (nSPS) is 13.6. The minimum Gasteiger partial charge on any atom is -0.463 e. The molecule has 1 aromatic rings. The molecule has 0 fully saturated rings. The Morgan fingerprint density at radius 1 is 1.33 bits per heavy atom. The minimum absolute atomic E-state index is 0.563. The van der Waals surface area contributed by atoms with E-state index in [1.54, 1.807) is 0 Å². The molecule has 3 heteroatoms. The minimum atomic E-state index is 0.563. The number of rotatable bonds is 7. The first-order valence-corrected chi connectivity index (χ1v) is 6.94. The Balaban J connectivity index is 2.62. The van der Waals surface area contributed by atoms with Crippen molar-refractivity contribution in [1.29, 1.82) is 0 Å². The van der Waals surface area contributed by atoms with Crippen molar-refractivity contribution in [3.05, 3.63) is 23.2 Å². The van der Waals surface area contributed by atoms with Gasteiger partial charge in [0.05, 0.1) is 13.1 Å². The van der Waals surface area contributed by atoms with Crippen molar-refractivity contribution in [3.63, 3.8) is 0 Å². The molecule has 0 spiro atoms. The number of furan rings is 1. The van der Waals surface area contributed by atoms with E-state index in [1.165, 1.54) is 5.56 Å². The second kappa shape index (κ2) is 6.95. The molecule has 1 atom stereocenters. The van der Waals surface area contributed by atoms with Gasteiger partial charge in [-0.15, -0.1) is 0 Å². The Kier molecular flexibility index (Phi) is 5.89. The molecule has 0 radical (unpaired) electrons. The first kappa shape index (κ1) is 15.3. The van der Waals surface area contributed by atoms with Crippen molar-refractivity contribution in [3.8, 4) is 0 Å². The Labute approximate surface area is 112 Å². The molecule has 1 aromatic heterocycles. The number of hydrogen-bond acceptors (Lipinski definition) is 3. The molecule has 3 nitrogen and oxygen atoms in total. The number of aryl methyl sites for hydroxylation is 1.